The molecule has 0 spiro atoms. The van der Waals surface area contributed by atoms with Gasteiger partial charge in [-0.1, -0.05) is 0 Å². The Morgan fingerprint density at radius 3 is 2.69 bits per heavy atom. The van der Waals surface area contributed by atoms with E-state index in [0.717, 1.165) is 0 Å². The highest BCUT2D eigenvalue weighted by Crippen LogP contribution is 2.24. The topological polar surface area (TPSA) is 87.6 Å². The third kappa shape index (κ3) is 3.13. The van der Waals surface area contributed by atoms with Gasteiger partial charge in [-0.2, -0.15) is 0 Å². The Morgan fingerprint density at radius 1 is 1.50 bits per heavy atom. The van der Waals surface area contributed by atoms with Crippen molar-refractivity contribution >= 4 is 5.91 Å². The van der Waals surface area contributed by atoms with Gasteiger partial charge in [-0.25, -0.2) is 0 Å². The predicted molar refractivity (Wildman–Crippen MR) is 60.7 cm³/mol. The van der Waals surface area contributed by atoms with Crippen LogP contribution in [0.1, 0.15) is 17.3 Å². The van der Waals surface area contributed by atoms with Crippen molar-refractivity contribution in [1.29, 1.82) is 0 Å². The molecular weight excluding hydrogens is 208 g/mol. The molecule has 5 heteroatoms. The molecule has 1 amide bonds. The molecule has 0 aliphatic heterocycles. The third-order valence-corrected chi connectivity index (χ3v) is 1.95. The first-order valence-corrected chi connectivity index (χ1v) is 4.90. The van der Waals surface area contributed by atoms with E-state index in [0.29, 0.717) is 23.7 Å². The molecule has 1 unspecified atom stereocenters. The van der Waals surface area contributed by atoms with Crippen LogP contribution >= 0.6 is 0 Å². The number of carbonyl (C=O) groups excluding carboxylic acids is 1. The number of benzene rings is 1. The van der Waals surface area contributed by atoms with Gasteiger partial charge in [0.15, 0.2) is 0 Å². The largest absolute Gasteiger partial charge is 0.496 e. The van der Waals surface area contributed by atoms with E-state index in [1.165, 1.54) is 7.11 Å². The van der Waals surface area contributed by atoms with Crippen LogP contribution < -0.4 is 20.9 Å². The monoisotopic (exact) mass is 224 g/mol. The minimum atomic E-state index is -0.532. The standard InChI is InChI=1S/C11H16N2O3/c1-7(12)6-16-8-3-4-9(11(13)14)10(5-8)15-2/h3-5,7H,6,12H2,1-2H3,(H2,13,14). The number of primary amides is 1. The maximum absolute atomic E-state index is 11.0. The fourth-order valence-electron chi connectivity index (χ4n) is 1.19. The SMILES string of the molecule is COc1cc(OCC(C)N)ccc1C(N)=O. The molecule has 0 saturated carbocycles. The van der Waals surface area contributed by atoms with Crippen LogP contribution in [0, 0.1) is 0 Å². The van der Waals surface area contributed by atoms with Crippen LogP contribution in [0.15, 0.2) is 18.2 Å². The smallest absolute Gasteiger partial charge is 0.252 e. The second-order valence-corrected chi connectivity index (χ2v) is 3.51. The normalized spacial score (nSPS) is 11.9. The lowest BCUT2D eigenvalue weighted by Gasteiger charge is -2.11. The van der Waals surface area contributed by atoms with E-state index in [-0.39, 0.29) is 6.04 Å². The first-order chi connectivity index (χ1) is 7.54. The quantitative estimate of drug-likeness (QED) is 0.763. The molecule has 0 fully saturated rings. The first-order valence-electron chi connectivity index (χ1n) is 4.90. The summed E-state index contributed by atoms with van der Waals surface area (Å²) in [6, 6.07) is 4.78. The van der Waals surface area contributed by atoms with Crippen LogP contribution in [0.25, 0.3) is 0 Å². The Morgan fingerprint density at radius 2 is 2.19 bits per heavy atom. The zero-order chi connectivity index (χ0) is 12.1. The Labute approximate surface area is 94.3 Å². The van der Waals surface area contributed by atoms with E-state index in [9.17, 15) is 4.79 Å². The third-order valence-electron chi connectivity index (χ3n) is 1.95. The Bertz CT molecular complexity index is 377. The predicted octanol–water partition coefficient (Wildman–Crippen LogP) is 0.520. The molecule has 1 rings (SSSR count). The summed E-state index contributed by atoms with van der Waals surface area (Å²) in [5.74, 6) is 0.462. The molecule has 1 aromatic rings. The molecule has 4 N–H and O–H groups in total. The second kappa shape index (κ2) is 5.37. The molecule has 88 valence electrons. The van der Waals surface area contributed by atoms with Crippen LogP contribution in [0.2, 0.25) is 0 Å². The lowest BCUT2D eigenvalue weighted by atomic mass is 10.2. The van der Waals surface area contributed by atoms with Crippen molar-refractivity contribution in [3.8, 4) is 11.5 Å². The van der Waals surface area contributed by atoms with Crippen molar-refractivity contribution < 1.29 is 14.3 Å². The Hall–Kier alpha value is -1.75. The zero-order valence-corrected chi connectivity index (χ0v) is 9.40. The molecule has 5 nitrogen and oxygen atoms in total. The minimum absolute atomic E-state index is 0.0539. The van der Waals surface area contributed by atoms with E-state index in [1.54, 1.807) is 18.2 Å². The maximum Gasteiger partial charge on any atom is 0.252 e. The van der Waals surface area contributed by atoms with Crippen LogP contribution in [0.5, 0.6) is 11.5 Å². The van der Waals surface area contributed by atoms with E-state index in [1.807, 2.05) is 6.92 Å². The van der Waals surface area contributed by atoms with Gasteiger partial charge in [-0.3, -0.25) is 4.79 Å². The highest BCUT2D eigenvalue weighted by molar-refractivity contribution is 5.95. The lowest BCUT2D eigenvalue weighted by Crippen LogP contribution is -2.23. The number of carbonyl (C=O) groups is 1. The average Bonchev–Trinajstić information content (AvgIpc) is 2.25. The van der Waals surface area contributed by atoms with Crippen molar-refractivity contribution in [2.45, 2.75) is 13.0 Å². The number of rotatable bonds is 5. The van der Waals surface area contributed by atoms with Gasteiger partial charge in [0.25, 0.3) is 5.91 Å². The molecular formula is C11H16N2O3. The summed E-state index contributed by atoms with van der Waals surface area (Å²) in [4.78, 5) is 11.0. The number of amides is 1. The Balaban J connectivity index is 2.86. The maximum atomic E-state index is 11.0. The van der Waals surface area contributed by atoms with E-state index < -0.39 is 5.91 Å². The molecule has 0 aromatic heterocycles. The van der Waals surface area contributed by atoms with E-state index in [2.05, 4.69) is 0 Å². The van der Waals surface area contributed by atoms with Crippen LogP contribution in [0.4, 0.5) is 0 Å². The first kappa shape index (κ1) is 12.3. The van der Waals surface area contributed by atoms with Gasteiger partial charge in [-0.05, 0) is 19.1 Å². The fraction of sp³-hybridized carbons (Fsp3) is 0.364. The average molecular weight is 224 g/mol. The van der Waals surface area contributed by atoms with Gasteiger partial charge >= 0.3 is 0 Å². The number of ether oxygens (including phenoxy) is 2. The summed E-state index contributed by atoms with van der Waals surface area (Å²) in [6.45, 7) is 2.24. The van der Waals surface area contributed by atoms with E-state index >= 15 is 0 Å². The summed E-state index contributed by atoms with van der Waals surface area (Å²) >= 11 is 0. The van der Waals surface area contributed by atoms with Crippen LogP contribution in [-0.4, -0.2) is 25.7 Å². The highest BCUT2D eigenvalue weighted by atomic mass is 16.5. The molecule has 0 radical (unpaired) electrons. The van der Waals surface area contributed by atoms with Gasteiger partial charge in [-0.15, -0.1) is 0 Å². The number of nitrogens with two attached hydrogens (primary N) is 2. The van der Waals surface area contributed by atoms with Crippen molar-refractivity contribution in [2.75, 3.05) is 13.7 Å². The molecule has 0 aliphatic rings. The number of methoxy groups -OCH3 is 1. The molecule has 1 atom stereocenters. The highest BCUT2D eigenvalue weighted by Gasteiger charge is 2.10. The van der Waals surface area contributed by atoms with Gasteiger partial charge in [0, 0.05) is 12.1 Å². The summed E-state index contributed by atoms with van der Waals surface area (Å²) in [5, 5.41) is 0. The van der Waals surface area contributed by atoms with E-state index in [4.69, 9.17) is 20.9 Å². The molecule has 0 saturated heterocycles. The molecule has 0 heterocycles. The van der Waals surface area contributed by atoms with Crippen LogP contribution in [-0.2, 0) is 0 Å². The van der Waals surface area contributed by atoms with Crippen molar-refractivity contribution in [2.24, 2.45) is 11.5 Å². The summed E-state index contributed by atoms with van der Waals surface area (Å²) < 4.78 is 10.4. The molecule has 0 bridgehead atoms. The van der Waals surface area contributed by atoms with Crippen LogP contribution in [0.3, 0.4) is 0 Å². The second-order valence-electron chi connectivity index (χ2n) is 3.51. The van der Waals surface area contributed by atoms with Gasteiger partial charge in [0.1, 0.15) is 18.1 Å². The molecule has 1 aromatic carbocycles. The zero-order valence-electron chi connectivity index (χ0n) is 9.40. The summed E-state index contributed by atoms with van der Waals surface area (Å²) in [7, 11) is 1.47. The molecule has 0 aliphatic carbocycles. The molecule has 16 heavy (non-hydrogen) atoms. The van der Waals surface area contributed by atoms with Gasteiger partial charge < -0.3 is 20.9 Å². The lowest BCUT2D eigenvalue weighted by molar-refractivity contribution is 0.0997. The van der Waals surface area contributed by atoms with Crippen molar-refractivity contribution in [3.63, 3.8) is 0 Å². The van der Waals surface area contributed by atoms with Gasteiger partial charge in [0.2, 0.25) is 0 Å². The summed E-state index contributed by atoms with van der Waals surface area (Å²) in [6.07, 6.45) is 0. The minimum Gasteiger partial charge on any atom is -0.496 e. The number of hydrogen-bond acceptors (Lipinski definition) is 4. The van der Waals surface area contributed by atoms with Gasteiger partial charge in [0.05, 0.1) is 12.7 Å². The summed E-state index contributed by atoms with van der Waals surface area (Å²) in [5.41, 5.74) is 11.1. The van der Waals surface area contributed by atoms with Crippen molar-refractivity contribution in [3.05, 3.63) is 23.8 Å². The fourth-order valence-corrected chi connectivity index (χ4v) is 1.19. The Kier molecular flexibility index (Phi) is 4.13. The van der Waals surface area contributed by atoms with Crippen molar-refractivity contribution in [1.82, 2.24) is 0 Å². The number of hydrogen-bond donors (Lipinski definition) is 2.